The predicted octanol–water partition coefficient (Wildman–Crippen LogP) is 2.97. The maximum atomic E-state index is 12.8. The fourth-order valence-corrected chi connectivity index (χ4v) is 3.79. The zero-order chi connectivity index (χ0) is 20.3. The number of allylic oxidation sites excluding steroid dienone is 2. The van der Waals surface area contributed by atoms with Gasteiger partial charge in [-0.2, -0.15) is 0 Å². The van der Waals surface area contributed by atoms with E-state index in [9.17, 15) is 19.7 Å². The summed E-state index contributed by atoms with van der Waals surface area (Å²) in [5.41, 5.74) is 2.43. The molecule has 8 heteroatoms. The molecule has 1 aromatic carbocycles. The summed E-state index contributed by atoms with van der Waals surface area (Å²) in [5.74, 6) is -1.82. The van der Waals surface area contributed by atoms with Gasteiger partial charge in [0.15, 0.2) is 5.78 Å². The highest BCUT2D eigenvalue weighted by Crippen LogP contribution is 2.43. The number of nitrogens with zero attached hydrogens (tertiary/aromatic N) is 2. The molecule has 0 spiro atoms. The first-order valence-electron chi connectivity index (χ1n) is 9.15. The Balaban J connectivity index is 2.03. The number of hydrogen-bond donors (Lipinski definition) is 0. The molecule has 1 aromatic rings. The minimum atomic E-state index is -0.751. The second-order valence-electron chi connectivity index (χ2n) is 6.85. The number of nitro groups is 1. The van der Waals surface area contributed by atoms with Gasteiger partial charge in [0.05, 0.1) is 11.5 Å². The van der Waals surface area contributed by atoms with Gasteiger partial charge in [0.2, 0.25) is 0 Å². The molecule has 1 aliphatic carbocycles. The molecule has 0 radical (unpaired) electrons. The van der Waals surface area contributed by atoms with E-state index < -0.39 is 22.7 Å². The number of nitro benzene ring substituents is 1. The standard InChI is InChI=1S/C20H22N2O6/c1-12-17(20(24)28-11-10-27-2)18(13-6-8-14(9-7-13)22(25)26)19-15(21-12)4-3-5-16(19)23/h6-9,17-18H,3-5,10-11H2,1-2H3/t17?,18-/m0/s1. The molecule has 0 aromatic heterocycles. The van der Waals surface area contributed by atoms with Crippen molar-refractivity contribution in [3.05, 3.63) is 51.2 Å². The number of hydrogen-bond acceptors (Lipinski definition) is 7. The highest BCUT2D eigenvalue weighted by Gasteiger charge is 2.43. The van der Waals surface area contributed by atoms with Crippen molar-refractivity contribution in [2.45, 2.75) is 32.1 Å². The van der Waals surface area contributed by atoms with Crippen molar-refractivity contribution in [2.24, 2.45) is 10.9 Å². The number of esters is 1. The molecule has 1 heterocycles. The van der Waals surface area contributed by atoms with Crippen molar-refractivity contribution in [1.29, 1.82) is 0 Å². The van der Waals surface area contributed by atoms with E-state index in [4.69, 9.17) is 9.47 Å². The zero-order valence-electron chi connectivity index (χ0n) is 15.8. The summed E-state index contributed by atoms with van der Waals surface area (Å²) in [7, 11) is 1.51. The third-order valence-electron chi connectivity index (χ3n) is 5.08. The van der Waals surface area contributed by atoms with Crippen molar-refractivity contribution in [1.82, 2.24) is 0 Å². The Kier molecular flexibility index (Phi) is 5.99. The van der Waals surface area contributed by atoms with Crippen LogP contribution >= 0.6 is 0 Å². The van der Waals surface area contributed by atoms with E-state index in [0.717, 1.165) is 6.42 Å². The highest BCUT2D eigenvalue weighted by molar-refractivity contribution is 6.08. The van der Waals surface area contributed by atoms with Gasteiger partial charge in [0.1, 0.15) is 12.5 Å². The van der Waals surface area contributed by atoms with E-state index in [1.165, 1.54) is 19.2 Å². The number of ketones is 1. The van der Waals surface area contributed by atoms with Crippen molar-refractivity contribution in [3.8, 4) is 0 Å². The third-order valence-corrected chi connectivity index (χ3v) is 5.08. The van der Waals surface area contributed by atoms with Gasteiger partial charge in [-0.25, -0.2) is 0 Å². The van der Waals surface area contributed by atoms with Gasteiger partial charge in [0, 0.05) is 48.6 Å². The van der Waals surface area contributed by atoms with Crippen LogP contribution in [0, 0.1) is 16.0 Å². The van der Waals surface area contributed by atoms with E-state index >= 15 is 0 Å². The van der Waals surface area contributed by atoms with Crippen LogP contribution in [0.15, 0.2) is 40.5 Å². The lowest BCUT2D eigenvalue weighted by Gasteiger charge is -2.34. The SMILES string of the molecule is COCCOC(=O)C1C(C)=NC2=C(C(=O)CCC2)[C@H]1c1ccc([N+](=O)[O-])cc1. The Labute approximate surface area is 162 Å². The van der Waals surface area contributed by atoms with E-state index in [0.29, 0.717) is 35.4 Å². The summed E-state index contributed by atoms with van der Waals surface area (Å²) in [6, 6.07) is 5.97. The molecule has 28 heavy (non-hydrogen) atoms. The minimum absolute atomic E-state index is 0.0319. The van der Waals surface area contributed by atoms with E-state index in [2.05, 4.69) is 4.99 Å². The Morgan fingerprint density at radius 1 is 1.25 bits per heavy atom. The number of non-ortho nitro benzene ring substituents is 1. The predicted molar refractivity (Wildman–Crippen MR) is 101 cm³/mol. The number of ether oxygens (including phenoxy) is 2. The van der Waals surface area contributed by atoms with E-state index in [1.807, 2.05) is 0 Å². The Morgan fingerprint density at radius 2 is 1.96 bits per heavy atom. The fraction of sp³-hybridized carbons (Fsp3) is 0.450. The first kappa shape index (κ1) is 19.9. The largest absolute Gasteiger partial charge is 0.463 e. The zero-order valence-corrected chi connectivity index (χ0v) is 15.8. The first-order valence-corrected chi connectivity index (χ1v) is 9.15. The maximum absolute atomic E-state index is 12.8. The second-order valence-corrected chi connectivity index (χ2v) is 6.85. The normalized spacial score (nSPS) is 21.8. The molecule has 8 nitrogen and oxygen atoms in total. The molecule has 0 saturated heterocycles. The van der Waals surface area contributed by atoms with Crippen LogP contribution in [0.3, 0.4) is 0 Å². The van der Waals surface area contributed by atoms with Crippen LogP contribution in [0.5, 0.6) is 0 Å². The van der Waals surface area contributed by atoms with Gasteiger partial charge < -0.3 is 9.47 Å². The average Bonchev–Trinajstić information content (AvgIpc) is 2.67. The quantitative estimate of drug-likeness (QED) is 0.322. The number of methoxy groups -OCH3 is 1. The summed E-state index contributed by atoms with van der Waals surface area (Å²) >= 11 is 0. The Morgan fingerprint density at radius 3 is 2.61 bits per heavy atom. The molecule has 148 valence electrons. The Hall–Kier alpha value is -2.87. The van der Waals surface area contributed by atoms with Crippen molar-refractivity contribution < 1.29 is 24.0 Å². The van der Waals surface area contributed by atoms with Crippen molar-refractivity contribution in [3.63, 3.8) is 0 Å². The second kappa shape index (κ2) is 8.43. The molecule has 0 fully saturated rings. The highest BCUT2D eigenvalue weighted by atomic mass is 16.6. The van der Waals surface area contributed by atoms with Crippen LogP contribution in [-0.2, 0) is 19.1 Å². The monoisotopic (exact) mass is 386 g/mol. The summed E-state index contributed by atoms with van der Waals surface area (Å²) in [6.07, 6.45) is 1.81. The lowest BCUT2D eigenvalue weighted by molar-refractivity contribution is -0.384. The number of rotatable bonds is 6. The number of aliphatic imine (C=N–C) groups is 1. The molecule has 2 aliphatic rings. The molecule has 0 amide bonds. The van der Waals surface area contributed by atoms with Crippen LogP contribution in [0.2, 0.25) is 0 Å². The van der Waals surface area contributed by atoms with Gasteiger partial charge >= 0.3 is 5.97 Å². The van der Waals surface area contributed by atoms with Gasteiger partial charge in [-0.1, -0.05) is 12.1 Å². The lowest BCUT2D eigenvalue weighted by atomic mass is 9.72. The summed E-state index contributed by atoms with van der Waals surface area (Å²) in [6.45, 7) is 2.12. The number of carbonyl (C=O) groups is 2. The van der Waals surface area contributed by atoms with Crippen LogP contribution < -0.4 is 0 Å². The molecule has 0 bridgehead atoms. The number of carbonyl (C=O) groups excluding carboxylic acids is 2. The topological polar surface area (TPSA) is 108 Å². The van der Waals surface area contributed by atoms with Crippen molar-refractivity contribution >= 4 is 23.2 Å². The maximum Gasteiger partial charge on any atom is 0.315 e. The minimum Gasteiger partial charge on any atom is -0.463 e. The molecule has 1 aliphatic heterocycles. The molecule has 3 rings (SSSR count). The molecule has 1 unspecified atom stereocenters. The molecular weight excluding hydrogens is 364 g/mol. The van der Waals surface area contributed by atoms with Gasteiger partial charge in [-0.05, 0) is 25.3 Å². The van der Waals surface area contributed by atoms with Crippen molar-refractivity contribution in [2.75, 3.05) is 20.3 Å². The summed E-state index contributed by atoms with van der Waals surface area (Å²) in [4.78, 5) is 40.6. The lowest BCUT2D eigenvalue weighted by Crippen LogP contribution is -2.37. The molecule has 2 atom stereocenters. The summed E-state index contributed by atoms with van der Waals surface area (Å²) in [5, 5.41) is 11.0. The fourth-order valence-electron chi connectivity index (χ4n) is 3.79. The summed E-state index contributed by atoms with van der Waals surface area (Å²) < 4.78 is 10.3. The third kappa shape index (κ3) is 3.87. The van der Waals surface area contributed by atoms with Crippen LogP contribution in [0.1, 0.15) is 37.7 Å². The first-order chi connectivity index (χ1) is 13.4. The molecule has 0 saturated carbocycles. The van der Waals surface area contributed by atoms with Gasteiger partial charge in [-0.3, -0.25) is 24.7 Å². The smallest absolute Gasteiger partial charge is 0.315 e. The molecular formula is C20H22N2O6. The van der Waals surface area contributed by atoms with E-state index in [1.54, 1.807) is 19.1 Å². The van der Waals surface area contributed by atoms with Crippen LogP contribution in [-0.4, -0.2) is 42.7 Å². The van der Waals surface area contributed by atoms with Gasteiger partial charge in [-0.15, -0.1) is 0 Å². The van der Waals surface area contributed by atoms with Crippen LogP contribution in [0.25, 0.3) is 0 Å². The number of benzene rings is 1. The number of Topliss-reactive ketones (excluding diaryl/α,β-unsaturated/α-hetero) is 1. The average molecular weight is 386 g/mol. The Bertz CT molecular complexity index is 856. The van der Waals surface area contributed by atoms with Crippen LogP contribution in [0.4, 0.5) is 5.69 Å². The molecule has 0 N–H and O–H groups in total. The van der Waals surface area contributed by atoms with Gasteiger partial charge in [0.25, 0.3) is 5.69 Å². The van der Waals surface area contributed by atoms with E-state index in [-0.39, 0.29) is 24.7 Å².